The minimum Gasteiger partial charge on any atom is -0.462 e. The van der Waals surface area contributed by atoms with E-state index in [-0.39, 0.29) is 31.1 Å². The molecule has 0 aliphatic carbocycles. The molecule has 6 heteroatoms. The molecule has 0 fully saturated rings. The Bertz CT molecular complexity index is 978. The second kappa shape index (κ2) is 52.8. The number of allylic oxidation sites excluding steroid dienone is 2. The Labute approximate surface area is 392 Å². The van der Waals surface area contributed by atoms with Crippen LogP contribution in [0.2, 0.25) is 0 Å². The number of rotatable bonds is 52. The summed E-state index contributed by atoms with van der Waals surface area (Å²) in [6.07, 6.45) is 59.1. The Hall–Kier alpha value is -1.85. The van der Waals surface area contributed by atoms with Gasteiger partial charge in [0.2, 0.25) is 0 Å². The Morgan fingerprint density at radius 1 is 0.302 bits per heavy atom. The van der Waals surface area contributed by atoms with Crippen LogP contribution in [0.25, 0.3) is 0 Å². The molecular weight excluding hydrogens is 781 g/mol. The van der Waals surface area contributed by atoms with E-state index in [1.807, 2.05) is 0 Å². The van der Waals surface area contributed by atoms with E-state index in [1.54, 1.807) is 0 Å². The maximum Gasteiger partial charge on any atom is 0.306 e. The third-order valence-corrected chi connectivity index (χ3v) is 12.8. The molecule has 0 aromatic rings. The molecule has 0 aliphatic heterocycles. The molecular formula is C57H108O6. The van der Waals surface area contributed by atoms with E-state index in [2.05, 4.69) is 32.9 Å². The summed E-state index contributed by atoms with van der Waals surface area (Å²) >= 11 is 0. The zero-order chi connectivity index (χ0) is 45.8. The van der Waals surface area contributed by atoms with Crippen molar-refractivity contribution in [1.82, 2.24) is 0 Å². The zero-order valence-corrected chi connectivity index (χ0v) is 42.6. The number of unbranched alkanes of at least 4 members (excludes halogenated alkanes) is 39. The van der Waals surface area contributed by atoms with Gasteiger partial charge in [-0.1, -0.05) is 264 Å². The SMILES string of the molecule is CCCCCCCC/C=C/CCCCCC(=O)OC[C@H](COC(=O)CCCCCCCCCCCCCCCCCCC)OC(=O)CCCCCCCCCCCCCCCCC. The predicted octanol–water partition coefficient (Wildman–Crippen LogP) is 18.5. The lowest BCUT2D eigenvalue weighted by atomic mass is 10.0. The van der Waals surface area contributed by atoms with E-state index in [9.17, 15) is 14.4 Å². The highest BCUT2D eigenvalue weighted by atomic mass is 16.6. The van der Waals surface area contributed by atoms with Crippen molar-refractivity contribution >= 4 is 17.9 Å². The van der Waals surface area contributed by atoms with Crippen molar-refractivity contribution in [3.8, 4) is 0 Å². The van der Waals surface area contributed by atoms with Crippen LogP contribution >= 0.6 is 0 Å². The molecule has 0 spiro atoms. The van der Waals surface area contributed by atoms with Crippen molar-refractivity contribution in [3.63, 3.8) is 0 Å². The predicted molar refractivity (Wildman–Crippen MR) is 270 cm³/mol. The van der Waals surface area contributed by atoms with Gasteiger partial charge in [-0.25, -0.2) is 0 Å². The van der Waals surface area contributed by atoms with Crippen molar-refractivity contribution in [2.75, 3.05) is 13.2 Å². The molecule has 0 aromatic heterocycles. The normalized spacial score (nSPS) is 12.0. The standard InChI is InChI=1S/C57H108O6/c1-4-7-10-13-16-19-22-25-27-28-30-32-35-38-41-44-47-50-56(59)62-53-54(52-61-55(58)49-46-43-40-37-34-31-24-21-18-15-12-9-6-3)63-57(60)51-48-45-42-39-36-33-29-26-23-20-17-14-11-8-5-2/h31,34,54H,4-30,32-33,35-53H2,1-3H3/b34-31+/t54-/m1/s1. The van der Waals surface area contributed by atoms with Gasteiger partial charge in [-0.15, -0.1) is 0 Å². The fraction of sp³-hybridized carbons (Fsp3) is 0.912. The van der Waals surface area contributed by atoms with Crippen LogP contribution in [-0.2, 0) is 28.6 Å². The Morgan fingerprint density at radius 3 is 0.810 bits per heavy atom. The number of ether oxygens (including phenoxy) is 3. The Morgan fingerprint density at radius 2 is 0.524 bits per heavy atom. The van der Waals surface area contributed by atoms with Crippen molar-refractivity contribution in [3.05, 3.63) is 12.2 Å². The summed E-state index contributed by atoms with van der Waals surface area (Å²) in [5.74, 6) is -0.863. The van der Waals surface area contributed by atoms with Crippen LogP contribution in [0, 0.1) is 0 Å². The lowest BCUT2D eigenvalue weighted by Gasteiger charge is -2.18. The molecule has 63 heavy (non-hydrogen) atoms. The first-order valence-electron chi connectivity index (χ1n) is 28.2. The van der Waals surface area contributed by atoms with Gasteiger partial charge in [0.1, 0.15) is 13.2 Å². The van der Waals surface area contributed by atoms with Crippen molar-refractivity contribution < 1.29 is 28.6 Å². The first kappa shape index (κ1) is 61.1. The third-order valence-electron chi connectivity index (χ3n) is 12.8. The van der Waals surface area contributed by atoms with E-state index in [0.29, 0.717) is 19.3 Å². The highest BCUT2D eigenvalue weighted by molar-refractivity contribution is 5.71. The highest BCUT2D eigenvalue weighted by Crippen LogP contribution is 2.17. The van der Waals surface area contributed by atoms with Gasteiger partial charge in [0.25, 0.3) is 0 Å². The number of carbonyl (C=O) groups excluding carboxylic acids is 3. The van der Waals surface area contributed by atoms with Crippen LogP contribution in [0.3, 0.4) is 0 Å². The van der Waals surface area contributed by atoms with Crippen LogP contribution in [0.4, 0.5) is 0 Å². The molecule has 0 bridgehead atoms. The summed E-state index contributed by atoms with van der Waals surface area (Å²) < 4.78 is 16.8. The van der Waals surface area contributed by atoms with Gasteiger partial charge in [-0.2, -0.15) is 0 Å². The van der Waals surface area contributed by atoms with Crippen LogP contribution in [0.1, 0.15) is 316 Å². The topological polar surface area (TPSA) is 78.9 Å². The van der Waals surface area contributed by atoms with Gasteiger partial charge < -0.3 is 14.2 Å². The first-order chi connectivity index (χ1) is 31.0. The van der Waals surface area contributed by atoms with Crippen molar-refractivity contribution in [2.45, 2.75) is 322 Å². The monoisotopic (exact) mass is 889 g/mol. The molecule has 0 heterocycles. The van der Waals surface area contributed by atoms with Crippen molar-refractivity contribution in [2.24, 2.45) is 0 Å². The van der Waals surface area contributed by atoms with E-state index >= 15 is 0 Å². The van der Waals surface area contributed by atoms with Gasteiger partial charge in [0.05, 0.1) is 0 Å². The van der Waals surface area contributed by atoms with Crippen LogP contribution < -0.4 is 0 Å². The summed E-state index contributed by atoms with van der Waals surface area (Å²) in [6, 6.07) is 0. The molecule has 0 rings (SSSR count). The number of carbonyl (C=O) groups is 3. The van der Waals surface area contributed by atoms with Crippen molar-refractivity contribution in [1.29, 1.82) is 0 Å². The van der Waals surface area contributed by atoms with E-state index < -0.39 is 6.10 Å². The molecule has 0 aliphatic rings. The number of hydrogen-bond donors (Lipinski definition) is 0. The molecule has 0 saturated carbocycles. The van der Waals surface area contributed by atoms with E-state index in [1.165, 1.54) is 212 Å². The fourth-order valence-electron chi connectivity index (χ4n) is 8.50. The molecule has 372 valence electrons. The molecule has 0 aromatic carbocycles. The molecule has 0 unspecified atom stereocenters. The van der Waals surface area contributed by atoms with Crippen LogP contribution in [0.5, 0.6) is 0 Å². The molecule has 6 nitrogen and oxygen atoms in total. The lowest BCUT2D eigenvalue weighted by molar-refractivity contribution is -0.167. The average molecular weight is 889 g/mol. The summed E-state index contributed by atoms with van der Waals surface area (Å²) in [7, 11) is 0. The molecule has 0 radical (unpaired) electrons. The second-order valence-corrected chi connectivity index (χ2v) is 19.2. The summed E-state index contributed by atoms with van der Waals surface area (Å²) in [6.45, 7) is 6.67. The lowest BCUT2D eigenvalue weighted by Crippen LogP contribution is -2.30. The van der Waals surface area contributed by atoms with Crippen LogP contribution in [0.15, 0.2) is 12.2 Å². The fourth-order valence-corrected chi connectivity index (χ4v) is 8.50. The summed E-state index contributed by atoms with van der Waals surface area (Å²) in [5.41, 5.74) is 0. The quantitative estimate of drug-likeness (QED) is 0.0262. The average Bonchev–Trinajstić information content (AvgIpc) is 3.28. The van der Waals surface area contributed by atoms with Crippen LogP contribution in [-0.4, -0.2) is 37.2 Å². The maximum absolute atomic E-state index is 12.8. The maximum atomic E-state index is 12.8. The van der Waals surface area contributed by atoms with Gasteiger partial charge >= 0.3 is 17.9 Å². The summed E-state index contributed by atoms with van der Waals surface area (Å²) in [4.78, 5) is 38.1. The van der Waals surface area contributed by atoms with E-state index in [4.69, 9.17) is 14.2 Å². The van der Waals surface area contributed by atoms with Gasteiger partial charge in [-0.05, 0) is 44.9 Å². The number of hydrogen-bond acceptors (Lipinski definition) is 6. The largest absolute Gasteiger partial charge is 0.462 e. The van der Waals surface area contributed by atoms with Gasteiger partial charge in [-0.3, -0.25) is 14.4 Å². The second-order valence-electron chi connectivity index (χ2n) is 19.2. The minimum atomic E-state index is -0.769. The first-order valence-corrected chi connectivity index (χ1v) is 28.2. The third kappa shape index (κ3) is 51.0. The molecule has 0 amide bonds. The molecule has 0 N–H and O–H groups in total. The van der Waals surface area contributed by atoms with Gasteiger partial charge in [0.15, 0.2) is 6.10 Å². The Kier molecular flexibility index (Phi) is 51.2. The number of esters is 3. The summed E-state index contributed by atoms with van der Waals surface area (Å²) in [5, 5.41) is 0. The van der Waals surface area contributed by atoms with Gasteiger partial charge in [0, 0.05) is 19.3 Å². The Balaban J connectivity index is 4.31. The molecule has 0 saturated heterocycles. The minimum absolute atomic E-state index is 0.0687. The van der Waals surface area contributed by atoms with E-state index in [0.717, 1.165) is 64.2 Å². The smallest absolute Gasteiger partial charge is 0.306 e. The highest BCUT2D eigenvalue weighted by Gasteiger charge is 2.19. The molecule has 1 atom stereocenters. The zero-order valence-electron chi connectivity index (χ0n) is 42.6.